The van der Waals surface area contributed by atoms with E-state index in [0.29, 0.717) is 6.61 Å². The molecule has 1 N–H and O–H groups in total. The monoisotopic (exact) mass is 519 g/mol. The van der Waals surface area contributed by atoms with Crippen molar-refractivity contribution in [2.24, 2.45) is 0 Å². The van der Waals surface area contributed by atoms with Crippen molar-refractivity contribution in [3.8, 4) is 0 Å². The average molecular weight is 520 g/mol. The van der Waals surface area contributed by atoms with Gasteiger partial charge in [0, 0.05) is 13.1 Å². The lowest BCUT2D eigenvalue weighted by Gasteiger charge is -2.32. The van der Waals surface area contributed by atoms with E-state index < -0.39 is 7.82 Å². The van der Waals surface area contributed by atoms with E-state index in [0.717, 1.165) is 70.9 Å². The molecule has 0 aliphatic rings. The van der Waals surface area contributed by atoms with Gasteiger partial charge in [0.1, 0.15) is 6.23 Å². The third kappa shape index (κ3) is 23.0. The molecule has 0 rings (SSSR count). The molecule has 0 heterocycles. The summed E-state index contributed by atoms with van der Waals surface area (Å²) in [4.78, 5) is 12.9. The smallest absolute Gasteiger partial charge is 0.302 e. The molecular weight excluding hydrogens is 457 g/mol. The summed E-state index contributed by atoms with van der Waals surface area (Å²) < 4.78 is 24.1. The minimum atomic E-state index is -4.06. The first-order chi connectivity index (χ1) is 17.0. The minimum Gasteiger partial charge on any atom is -0.302 e. The van der Waals surface area contributed by atoms with Gasteiger partial charge in [-0.2, -0.15) is 0 Å². The third-order valence-electron chi connectivity index (χ3n) is 6.82. The van der Waals surface area contributed by atoms with Crippen LogP contribution < -0.4 is 0 Å². The Balaban J connectivity index is 4.92. The second-order valence-electron chi connectivity index (χ2n) is 10.3. The largest absolute Gasteiger partial charge is 0.473 e. The molecular formula is C29H62NO4P. The molecule has 0 amide bonds. The zero-order valence-corrected chi connectivity index (χ0v) is 25.0. The van der Waals surface area contributed by atoms with Gasteiger partial charge in [0.2, 0.25) is 0 Å². The first-order valence-corrected chi connectivity index (χ1v) is 16.9. The molecule has 0 saturated carbocycles. The quantitative estimate of drug-likeness (QED) is 0.0633. The van der Waals surface area contributed by atoms with E-state index in [1.807, 2.05) is 0 Å². The van der Waals surface area contributed by atoms with Gasteiger partial charge in [0.05, 0.1) is 6.61 Å². The van der Waals surface area contributed by atoms with Gasteiger partial charge in [-0.05, 0) is 32.1 Å². The van der Waals surface area contributed by atoms with Gasteiger partial charge in [-0.1, -0.05) is 130 Å². The standard InChI is InChI=1S/C29H62NO4P/c1-5-9-13-16-18-22-26-30(27-23-19-17-14-10-6-2)29(25-21-12-8-4)34-35(31,32)33-28-24-20-15-11-7-3/h29H,5-28H2,1-4H3,(H,31,32). The summed E-state index contributed by atoms with van der Waals surface area (Å²) in [5.41, 5.74) is 0. The maximum Gasteiger partial charge on any atom is 0.473 e. The molecule has 0 aromatic rings. The van der Waals surface area contributed by atoms with Gasteiger partial charge in [0.15, 0.2) is 0 Å². The van der Waals surface area contributed by atoms with Gasteiger partial charge in [0.25, 0.3) is 0 Å². The van der Waals surface area contributed by atoms with Crippen LogP contribution in [0.5, 0.6) is 0 Å². The summed E-state index contributed by atoms with van der Waals surface area (Å²) in [6, 6.07) is 0. The fourth-order valence-electron chi connectivity index (χ4n) is 4.53. The van der Waals surface area contributed by atoms with Crippen molar-refractivity contribution in [1.82, 2.24) is 4.90 Å². The molecule has 35 heavy (non-hydrogen) atoms. The van der Waals surface area contributed by atoms with E-state index in [9.17, 15) is 9.46 Å². The van der Waals surface area contributed by atoms with E-state index in [1.165, 1.54) is 77.0 Å². The van der Waals surface area contributed by atoms with Crippen LogP contribution in [0.15, 0.2) is 0 Å². The summed E-state index contributed by atoms with van der Waals surface area (Å²) in [5, 5.41) is 0. The molecule has 5 nitrogen and oxygen atoms in total. The SMILES string of the molecule is CCCCCCCCN(CCCCCCCC)C(CCCCC)OP(=O)(O)OCCCCCCC. The van der Waals surface area contributed by atoms with Crippen LogP contribution in [0.25, 0.3) is 0 Å². The highest BCUT2D eigenvalue weighted by Gasteiger charge is 2.30. The third-order valence-corrected chi connectivity index (χ3v) is 7.84. The lowest BCUT2D eigenvalue weighted by Crippen LogP contribution is -2.38. The predicted molar refractivity (Wildman–Crippen MR) is 152 cm³/mol. The number of hydrogen-bond donors (Lipinski definition) is 1. The molecule has 0 saturated heterocycles. The zero-order valence-electron chi connectivity index (χ0n) is 24.1. The number of hydrogen-bond acceptors (Lipinski definition) is 4. The van der Waals surface area contributed by atoms with E-state index >= 15 is 0 Å². The Morgan fingerprint density at radius 3 is 1.49 bits per heavy atom. The highest BCUT2D eigenvalue weighted by molar-refractivity contribution is 7.47. The number of phosphoric ester groups is 1. The Bertz CT molecular complexity index is 462. The van der Waals surface area contributed by atoms with Crippen molar-refractivity contribution < 1.29 is 18.5 Å². The van der Waals surface area contributed by atoms with Crippen molar-refractivity contribution in [1.29, 1.82) is 0 Å². The minimum absolute atomic E-state index is 0.300. The maximum absolute atomic E-state index is 12.8. The fraction of sp³-hybridized carbons (Fsp3) is 1.00. The number of phosphoric acid groups is 1. The lowest BCUT2D eigenvalue weighted by atomic mass is 10.1. The average Bonchev–Trinajstić information content (AvgIpc) is 2.83. The highest BCUT2D eigenvalue weighted by Crippen LogP contribution is 2.46. The molecule has 2 atom stereocenters. The van der Waals surface area contributed by atoms with Crippen LogP contribution >= 0.6 is 7.82 Å². The van der Waals surface area contributed by atoms with Crippen LogP contribution in [-0.4, -0.2) is 35.7 Å². The lowest BCUT2D eigenvalue weighted by molar-refractivity contribution is -0.0134. The van der Waals surface area contributed by atoms with Crippen molar-refractivity contribution in [2.45, 2.75) is 169 Å². The van der Waals surface area contributed by atoms with Gasteiger partial charge < -0.3 is 4.89 Å². The Kier molecular flexibility index (Phi) is 25.8. The Hall–Kier alpha value is 0.0700. The molecule has 0 aliphatic carbocycles. The molecule has 0 fully saturated rings. The van der Waals surface area contributed by atoms with E-state index in [1.54, 1.807) is 0 Å². The topological polar surface area (TPSA) is 59.0 Å². The van der Waals surface area contributed by atoms with Crippen molar-refractivity contribution in [3.63, 3.8) is 0 Å². The molecule has 0 aliphatic heterocycles. The van der Waals surface area contributed by atoms with Crippen LogP contribution in [0.2, 0.25) is 0 Å². The number of nitrogens with zero attached hydrogens (tertiary/aromatic N) is 1. The first-order valence-electron chi connectivity index (χ1n) is 15.4. The van der Waals surface area contributed by atoms with Crippen molar-refractivity contribution in [2.75, 3.05) is 19.7 Å². The second-order valence-corrected chi connectivity index (χ2v) is 11.7. The summed E-state index contributed by atoms with van der Waals surface area (Å²) in [5.74, 6) is 0. The molecule has 0 aromatic carbocycles. The van der Waals surface area contributed by atoms with E-state index in [4.69, 9.17) is 9.05 Å². The van der Waals surface area contributed by atoms with Gasteiger partial charge in [-0.3, -0.25) is 13.9 Å². The van der Waals surface area contributed by atoms with Crippen molar-refractivity contribution in [3.05, 3.63) is 0 Å². The maximum atomic E-state index is 12.8. The van der Waals surface area contributed by atoms with Crippen molar-refractivity contribution >= 4 is 7.82 Å². The highest BCUT2D eigenvalue weighted by atomic mass is 31.2. The van der Waals surface area contributed by atoms with Crippen LogP contribution in [0.4, 0.5) is 0 Å². The van der Waals surface area contributed by atoms with Gasteiger partial charge in [-0.25, -0.2) is 4.57 Å². The molecule has 0 aromatic heterocycles. The number of unbranched alkanes of at least 4 members (excludes halogenated alkanes) is 16. The summed E-state index contributed by atoms with van der Waals surface area (Å²) in [6.45, 7) is 11.1. The summed E-state index contributed by atoms with van der Waals surface area (Å²) >= 11 is 0. The molecule has 0 radical (unpaired) electrons. The van der Waals surface area contributed by atoms with Crippen LogP contribution in [-0.2, 0) is 13.6 Å². The molecule has 2 unspecified atom stereocenters. The van der Waals surface area contributed by atoms with E-state index in [2.05, 4.69) is 32.6 Å². The van der Waals surface area contributed by atoms with Crippen LogP contribution in [0.1, 0.15) is 163 Å². The van der Waals surface area contributed by atoms with Gasteiger partial charge in [-0.15, -0.1) is 0 Å². The molecule has 212 valence electrons. The second kappa shape index (κ2) is 25.7. The van der Waals surface area contributed by atoms with Gasteiger partial charge >= 0.3 is 7.82 Å². The Morgan fingerprint density at radius 1 is 0.600 bits per heavy atom. The Morgan fingerprint density at radius 2 is 1.00 bits per heavy atom. The zero-order chi connectivity index (χ0) is 26.0. The molecule has 6 heteroatoms. The predicted octanol–water partition coefficient (Wildman–Crippen LogP) is 10.0. The normalized spacial score (nSPS) is 14.5. The van der Waals surface area contributed by atoms with Crippen LogP contribution in [0.3, 0.4) is 0 Å². The summed E-state index contributed by atoms with van der Waals surface area (Å²) in [6.07, 6.45) is 24.2. The van der Waals surface area contributed by atoms with Crippen LogP contribution in [0, 0.1) is 0 Å². The fourth-order valence-corrected chi connectivity index (χ4v) is 5.50. The van der Waals surface area contributed by atoms with E-state index in [-0.39, 0.29) is 6.23 Å². The Labute approximate surface area is 219 Å². The number of rotatable bonds is 28. The first kappa shape index (κ1) is 35.1. The molecule has 0 bridgehead atoms. The summed E-state index contributed by atoms with van der Waals surface area (Å²) in [7, 11) is -4.06. The molecule has 0 spiro atoms.